The van der Waals surface area contributed by atoms with Gasteiger partial charge in [0.1, 0.15) is 5.75 Å². The molecule has 1 aliphatic heterocycles. The van der Waals surface area contributed by atoms with Gasteiger partial charge in [-0.2, -0.15) is 0 Å². The second-order valence-corrected chi connectivity index (χ2v) is 11.4. The number of fused-ring (bicyclic) bond motifs is 5. The quantitative estimate of drug-likeness (QED) is 0.480. The maximum absolute atomic E-state index is 13.3. The molecule has 39 heavy (non-hydrogen) atoms. The van der Waals surface area contributed by atoms with E-state index in [1.165, 1.54) is 17.7 Å². The Morgan fingerprint density at radius 1 is 0.795 bits per heavy atom. The summed E-state index contributed by atoms with van der Waals surface area (Å²) in [6.45, 7) is 0. The Balaban J connectivity index is 0.000000384. The van der Waals surface area contributed by atoms with Crippen molar-refractivity contribution >= 4 is 22.0 Å². The summed E-state index contributed by atoms with van der Waals surface area (Å²) in [5.41, 5.74) is 4.60. The molecule has 0 bridgehead atoms. The van der Waals surface area contributed by atoms with Gasteiger partial charge in [-0.3, -0.25) is 0 Å². The summed E-state index contributed by atoms with van der Waals surface area (Å²) in [6.07, 6.45) is 12.5. The lowest BCUT2D eigenvalue weighted by molar-refractivity contribution is -0.274. The number of benzene rings is 3. The molecule has 0 saturated heterocycles. The smallest absolute Gasteiger partial charge is 0.406 e. The molecule has 1 atom stereocenters. The van der Waals surface area contributed by atoms with Crippen LogP contribution in [0.15, 0.2) is 102 Å². The number of sulfone groups is 1. The van der Waals surface area contributed by atoms with Crippen LogP contribution >= 0.6 is 0 Å². The molecule has 6 rings (SSSR count). The summed E-state index contributed by atoms with van der Waals surface area (Å²) in [4.78, 5) is -0.0177. The van der Waals surface area contributed by atoms with Crippen molar-refractivity contribution in [1.29, 1.82) is 0 Å². The number of hydrogen-bond acceptors (Lipinski definition) is 4. The fourth-order valence-corrected chi connectivity index (χ4v) is 6.56. The Morgan fingerprint density at radius 3 is 2.23 bits per heavy atom. The highest BCUT2D eigenvalue weighted by atomic mass is 32.2. The first-order valence-corrected chi connectivity index (χ1v) is 14.0. The van der Waals surface area contributed by atoms with Gasteiger partial charge in [-0.05, 0) is 88.4 Å². The van der Waals surface area contributed by atoms with Crippen molar-refractivity contribution in [2.24, 2.45) is 0 Å². The number of allylic oxidation sites excluding steroid dienone is 4. The first-order valence-electron chi connectivity index (χ1n) is 12.5. The summed E-state index contributed by atoms with van der Waals surface area (Å²) in [5.74, 6) is -0.447. The fraction of sp³-hybridized carbons (Fsp3) is 0.161. The number of aryl methyl sites for hydroxylation is 1. The Morgan fingerprint density at radius 2 is 1.51 bits per heavy atom. The van der Waals surface area contributed by atoms with Gasteiger partial charge >= 0.3 is 6.36 Å². The first-order chi connectivity index (χ1) is 18.7. The van der Waals surface area contributed by atoms with Crippen LogP contribution in [-0.2, 0) is 22.7 Å². The van der Waals surface area contributed by atoms with Gasteiger partial charge in [0, 0.05) is 12.4 Å². The molecule has 0 aromatic heterocycles. The average Bonchev–Trinajstić information content (AvgIpc) is 3.25. The molecule has 0 spiro atoms. The third-order valence-corrected chi connectivity index (χ3v) is 8.86. The van der Waals surface area contributed by atoms with Gasteiger partial charge in [0.2, 0.25) is 0 Å². The molecule has 1 heterocycles. The SMILES string of the molecule is C1=CC=CNC=C1.O=S(=O)(c1ccc(OC(F)(F)F)cc1)C1C=c2c(ccc3c2=CCc2ccccc2-3)CC1. The van der Waals surface area contributed by atoms with Gasteiger partial charge in [-0.15, -0.1) is 13.2 Å². The number of ether oxygens (including phenoxy) is 1. The van der Waals surface area contributed by atoms with Gasteiger partial charge in [0.15, 0.2) is 9.84 Å². The van der Waals surface area contributed by atoms with Gasteiger partial charge in [0.05, 0.1) is 10.1 Å². The lowest BCUT2D eigenvalue weighted by atomic mass is 9.87. The van der Waals surface area contributed by atoms with Crippen LogP contribution in [0.3, 0.4) is 0 Å². The van der Waals surface area contributed by atoms with Crippen molar-refractivity contribution in [2.75, 3.05) is 0 Å². The highest BCUT2D eigenvalue weighted by Gasteiger charge is 2.32. The Kier molecular flexibility index (Phi) is 7.48. The van der Waals surface area contributed by atoms with E-state index in [0.29, 0.717) is 12.8 Å². The van der Waals surface area contributed by atoms with Crippen molar-refractivity contribution in [3.05, 3.63) is 119 Å². The summed E-state index contributed by atoms with van der Waals surface area (Å²) in [7, 11) is -3.76. The molecule has 0 amide bonds. The predicted molar refractivity (Wildman–Crippen MR) is 147 cm³/mol. The molecule has 4 nitrogen and oxygen atoms in total. The molecule has 200 valence electrons. The molecule has 8 heteroatoms. The summed E-state index contributed by atoms with van der Waals surface area (Å²) in [5, 5.41) is 4.16. The van der Waals surface area contributed by atoms with Crippen molar-refractivity contribution in [2.45, 2.75) is 35.8 Å². The van der Waals surface area contributed by atoms with E-state index >= 15 is 0 Å². The Bertz CT molecular complexity index is 1670. The largest absolute Gasteiger partial charge is 0.573 e. The highest BCUT2D eigenvalue weighted by Crippen LogP contribution is 2.29. The molecule has 1 N–H and O–H groups in total. The van der Waals surface area contributed by atoms with Crippen LogP contribution in [0.1, 0.15) is 17.5 Å². The maximum atomic E-state index is 13.3. The molecule has 0 saturated carbocycles. The maximum Gasteiger partial charge on any atom is 0.573 e. The number of halogens is 3. The van der Waals surface area contributed by atoms with E-state index in [-0.39, 0.29) is 4.90 Å². The minimum absolute atomic E-state index is 0.0177. The van der Waals surface area contributed by atoms with Crippen LogP contribution in [-0.4, -0.2) is 20.0 Å². The number of nitrogens with one attached hydrogen (secondary N) is 1. The lowest BCUT2D eigenvalue weighted by Gasteiger charge is -2.22. The minimum atomic E-state index is -4.82. The summed E-state index contributed by atoms with van der Waals surface area (Å²) >= 11 is 0. The van der Waals surface area contributed by atoms with E-state index in [2.05, 4.69) is 40.4 Å². The van der Waals surface area contributed by atoms with Crippen molar-refractivity contribution < 1.29 is 26.3 Å². The van der Waals surface area contributed by atoms with Gasteiger partial charge in [-0.1, -0.05) is 60.7 Å². The van der Waals surface area contributed by atoms with Gasteiger partial charge in [-0.25, -0.2) is 8.42 Å². The van der Waals surface area contributed by atoms with Crippen molar-refractivity contribution in [1.82, 2.24) is 5.32 Å². The van der Waals surface area contributed by atoms with E-state index < -0.39 is 27.2 Å². The van der Waals surface area contributed by atoms with Crippen LogP contribution in [0, 0.1) is 0 Å². The predicted octanol–water partition coefficient (Wildman–Crippen LogP) is 5.33. The molecular formula is C31H26F3NO3S. The van der Waals surface area contributed by atoms with Crippen LogP contribution in [0.5, 0.6) is 5.75 Å². The standard InChI is InChI=1S/C25H19F3O3S.C6H7N/c26-25(27,28)31-18-8-11-19(12-9-18)32(29,30)20-10-5-17-7-13-22-21-4-2-1-3-16(21)6-14-23(22)24(17)15-20;1-2-4-6-7-5-3-1/h1-4,7-9,11-15,20H,5-6,10H2;1-7H. The van der Waals surface area contributed by atoms with Gasteiger partial charge in [0.25, 0.3) is 0 Å². The average molecular weight is 550 g/mol. The topological polar surface area (TPSA) is 55.4 Å². The number of rotatable bonds is 3. The van der Waals surface area contributed by atoms with Crippen LogP contribution < -0.4 is 20.5 Å². The van der Waals surface area contributed by atoms with Gasteiger partial charge < -0.3 is 10.1 Å². The zero-order valence-corrected chi connectivity index (χ0v) is 21.7. The molecule has 2 aliphatic carbocycles. The van der Waals surface area contributed by atoms with E-state index in [4.69, 9.17) is 0 Å². The lowest BCUT2D eigenvalue weighted by Crippen LogP contribution is -2.38. The summed E-state index contributed by atoms with van der Waals surface area (Å²) < 4.78 is 67.5. The second-order valence-electron chi connectivity index (χ2n) is 9.24. The zero-order chi connectivity index (χ0) is 27.5. The van der Waals surface area contributed by atoms with Crippen LogP contribution in [0.25, 0.3) is 23.3 Å². The summed E-state index contributed by atoms with van der Waals surface area (Å²) in [6, 6.07) is 16.7. The Hall–Kier alpha value is -4.04. The third-order valence-electron chi connectivity index (χ3n) is 6.76. The zero-order valence-electron chi connectivity index (χ0n) is 20.9. The monoisotopic (exact) mass is 549 g/mol. The molecule has 0 radical (unpaired) electrons. The fourth-order valence-electron chi connectivity index (χ4n) is 4.95. The second kappa shape index (κ2) is 11.0. The molecule has 3 aromatic rings. The highest BCUT2D eigenvalue weighted by molar-refractivity contribution is 7.92. The number of alkyl halides is 3. The third kappa shape index (κ3) is 6.01. The molecule has 3 aliphatic rings. The van der Waals surface area contributed by atoms with E-state index in [1.807, 2.05) is 48.8 Å². The van der Waals surface area contributed by atoms with E-state index in [0.717, 1.165) is 45.7 Å². The van der Waals surface area contributed by atoms with E-state index in [1.54, 1.807) is 6.08 Å². The normalized spacial score (nSPS) is 17.1. The first kappa shape index (κ1) is 26.6. The van der Waals surface area contributed by atoms with Crippen LogP contribution in [0.4, 0.5) is 13.2 Å². The van der Waals surface area contributed by atoms with Crippen LogP contribution in [0.2, 0.25) is 0 Å². The molecule has 0 fully saturated rings. The molecule has 3 aromatic carbocycles. The van der Waals surface area contributed by atoms with Crippen molar-refractivity contribution in [3.63, 3.8) is 0 Å². The number of hydrogen-bond donors (Lipinski definition) is 1. The molecular weight excluding hydrogens is 523 g/mol. The van der Waals surface area contributed by atoms with E-state index in [9.17, 15) is 21.6 Å². The molecule has 1 unspecified atom stereocenters. The minimum Gasteiger partial charge on any atom is -0.406 e. The Labute approximate surface area is 225 Å². The van der Waals surface area contributed by atoms with Crippen molar-refractivity contribution in [3.8, 4) is 16.9 Å².